The normalized spacial score (nSPS) is 15.2. The number of rotatable bonds is 2. The second-order valence-corrected chi connectivity index (χ2v) is 6.67. The summed E-state index contributed by atoms with van der Waals surface area (Å²) in [5, 5.41) is 1.05. The number of oxazole rings is 1. The smallest absolute Gasteiger partial charge is 0.373 e. The maximum atomic E-state index is 13.4. The van der Waals surface area contributed by atoms with E-state index in [1.807, 2.05) is 72.1 Å². The number of aryl methyl sites for hydroxylation is 1. The number of thioether (sulfide) groups is 1. The zero-order chi connectivity index (χ0) is 16.7. The predicted octanol–water partition coefficient (Wildman–Crippen LogP) is 1.50. The Bertz CT molecular complexity index is 996. The van der Waals surface area contributed by atoms with Gasteiger partial charge in [0.1, 0.15) is 12.9 Å². The molecule has 0 saturated carbocycles. The number of hydrogen-bond donors (Lipinski definition) is 0. The second-order valence-electron chi connectivity index (χ2n) is 5.60. The lowest BCUT2D eigenvalue weighted by molar-refractivity contribution is -0.652. The van der Waals surface area contributed by atoms with Gasteiger partial charge < -0.3 is 21.7 Å². The zero-order valence-corrected chi connectivity index (χ0v) is 15.3. The molecular weight excluding hydrogens is 359 g/mol. The highest BCUT2D eigenvalue weighted by Crippen LogP contribution is 2.45. The Morgan fingerprint density at radius 2 is 2.00 bits per heavy atom. The van der Waals surface area contributed by atoms with Gasteiger partial charge in [0, 0.05) is 18.0 Å². The number of allylic oxidation sites excluding steroid dienone is 2. The lowest BCUT2D eigenvalue weighted by atomic mass is 10.3. The molecule has 1 aromatic heterocycles. The number of para-hydroxylation sites is 2. The van der Waals surface area contributed by atoms with Crippen LogP contribution in [0.2, 0.25) is 0 Å². The Hall–Kier alpha value is -2.24. The molecule has 0 aliphatic carbocycles. The van der Waals surface area contributed by atoms with Crippen molar-refractivity contribution in [3.05, 3.63) is 71.4 Å². The van der Waals surface area contributed by atoms with Crippen molar-refractivity contribution in [3.63, 3.8) is 0 Å². The Labute approximate surface area is 155 Å². The van der Waals surface area contributed by atoms with Crippen molar-refractivity contribution in [2.75, 3.05) is 11.9 Å². The maximum absolute atomic E-state index is 13.4. The molecule has 2 aromatic carbocycles. The van der Waals surface area contributed by atoms with Crippen LogP contribution in [0.3, 0.4) is 0 Å². The van der Waals surface area contributed by atoms with Crippen molar-refractivity contribution in [3.8, 4) is 0 Å². The summed E-state index contributed by atoms with van der Waals surface area (Å²) in [5.41, 5.74) is 2.82. The van der Waals surface area contributed by atoms with Gasteiger partial charge in [-0.1, -0.05) is 23.9 Å². The zero-order valence-electron chi connectivity index (χ0n) is 13.7. The van der Waals surface area contributed by atoms with Crippen LogP contribution < -0.4 is 21.9 Å². The fourth-order valence-corrected chi connectivity index (χ4v) is 3.81. The van der Waals surface area contributed by atoms with Crippen LogP contribution in [0.15, 0.2) is 69.0 Å². The highest BCUT2D eigenvalue weighted by atomic mass is 35.5. The van der Waals surface area contributed by atoms with Gasteiger partial charge >= 0.3 is 5.89 Å². The highest BCUT2D eigenvalue weighted by Gasteiger charge is 2.22. The molecule has 0 saturated heterocycles. The van der Waals surface area contributed by atoms with Crippen LogP contribution in [0.1, 0.15) is 5.89 Å². The van der Waals surface area contributed by atoms with E-state index in [0.29, 0.717) is 0 Å². The van der Waals surface area contributed by atoms with E-state index < -0.39 is 0 Å². The molecule has 0 N–H and O–H groups in total. The molecule has 0 unspecified atom stereocenters. The Morgan fingerprint density at radius 3 is 2.80 bits per heavy atom. The summed E-state index contributed by atoms with van der Waals surface area (Å²) in [6.07, 6.45) is 5.90. The molecule has 6 heteroatoms. The summed E-state index contributed by atoms with van der Waals surface area (Å²) in [6, 6.07) is 12.8. The van der Waals surface area contributed by atoms with Crippen LogP contribution in [0.4, 0.5) is 10.1 Å². The third-order valence-corrected chi connectivity index (χ3v) is 5.26. The van der Waals surface area contributed by atoms with E-state index in [1.165, 1.54) is 6.07 Å². The lowest BCUT2D eigenvalue weighted by Crippen LogP contribution is -3.00. The summed E-state index contributed by atoms with van der Waals surface area (Å²) in [7, 11) is 3.92. The number of nitrogens with zero attached hydrogens (tertiary/aromatic N) is 2. The summed E-state index contributed by atoms with van der Waals surface area (Å²) >= 11 is 1.63. The van der Waals surface area contributed by atoms with Gasteiger partial charge in [-0.3, -0.25) is 0 Å². The van der Waals surface area contributed by atoms with Gasteiger partial charge in [0.2, 0.25) is 5.58 Å². The monoisotopic (exact) mass is 374 g/mol. The summed E-state index contributed by atoms with van der Waals surface area (Å²) < 4.78 is 21.3. The second kappa shape index (κ2) is 6.94. The SMILES string of the molecule is CN1/C(=C/C=C/c2oc3ccccc3[n+]2C)Sc2ccc(F)cc21.[Cl-]. The van der Waals surface area contributed by atoms with Crippen LogP contribution in [-0.2, 0) is 7.05 Å². The van der Waals surface area contributed by atoms with Crippen LogP contribution in [0.25, 0.3) is 17.2 Å². The largest absolute Gasteiger partial charge is 1.00 e. The van der Waals surface area contributed by atoms with Crippen LogP contribution in [0.5, 0.6) is 0 Å². The Kier molecular flexibility index (Phi) is 4.88. The fraction of sp³-hybridized carbons (Fsp3) is 0.105. The average molecular weight is 375 g/mol. The fourth-order valence-electron chi connectivity index (χ4n) is 2.76. The number of halogens is 2. The van der Waals surface area contributed by atoms with Gasteiger partial charge in [-0.2, -0.15) is 4.57 Å². The van der Waals surface area contributed by atoms with E-state index in [9.17, 15) is 4.39 Å². The molecule has 0 atom stereocenters. The molecule has 128 valence electrons. The minimum Gasteiger partial charge on any atom is -1.00 e. The molecule has 0 radical (unpaired) electrons. The van der Waals surface area contributed by atoms with Crippen molar-refractivity contribution in [2.45, 2.75) is 4.90 Å². The first-order valence-corrected chi connectivity index (χ1v) is 8.42. The molecule has 1 aliphatic rings. The van der Waals surface area contributed by atoms with Gasteiger partial charge in [0.25, 0.3) is 5.52 Å². The van der Waals surface area contributed by atoms with Crippen molar-refractivity contribution in [2.24, 2.45) is 7.05 Å². The number of hydrogen-bond acceptors (Lipinski definition) is 3. The average Bonchev–Trinajstić information content (AvgIpc) is 3.07. The molecule has 25 heavy (non-hydrogen) atoms. The van der Waals surface area contributed by atoms with E-state index in [1.54, 1.807) is 17.8 Å². The third kappa shape index (κ3) is 3.17. The van der Waals surface area contributed by atoms with Crippen molar-refractivity contribution < 1.29 is 25.8 Å². The number of aromatic nitrogens is 1. The minimum absolute atomic E-state index is 0. The van der Waals surface area contributed by atoms with Crippen LogP contribution in [-0.4, -0.2) is 7.05 Å². The Morgan fingerprint density at radius 1 is 1.20 bits per heavy atom. The summed E-state index contributed by atoms with van der Waals surface area (Å²) in [4.78, 5) is 3.05. The first-order valence-electron chi connectivity index (χ1n) is 7.60. The molecule has 0 fully saturated rings. The first-order chi connectivity index (χ1) is 11.6. The van der Waals surface area contributed by atoms with E-state index in [4.69, 9.17) is 4.42 Å². The summed E-state index contributed by atoms with van der Waals surface area (Å²) in [5.74, 6) is 0.564. The van der Waals surface area contributed by atoms with Crippen molar-refractivity contribution in [1.29, 1.82) is 0 Å². The standard InChI is InChI=1S/C19H16FN2OS.ClH/c1-21-14-6-3-4-7-16(14)23-18(21)8-5-9-19-22(2)15-12-13(20)10-11-17(15)24-19;/h3-12H,1-2H3;1H/q+1;/p-1. The number of benzene rings is 2. The molecular formula is C19H16ClFN2OS. The predicted molar refractivity (Wildman–Crippen MR) is 95.2 cm³/mol. The quantitative estimate of drug-likeness (QED) is 0.634. The van der Waals surface area contributed by atoms with E-state index in [-0.39, 0.29) is 18.2 Å². The third-order valence-electron chi connectivity index (χ3n) is 4.08. The molecule has 4 rings (SSSR count). The number of fused-ring (bicyclic) bond motifs is 2. The topological polar surface area (TPSA) is 20.3 Å². The van der Waals surface area contributed by atoms with Gasteiger partial charge in [-0.05, 0) is 36.4 Å². The molecule has 0 spiro atoms. The maximum Gasteiger partial charge on any atom is 0.373 e. The van der Waals surface area contributed by atoms with Gasteiger partial charge in [0.15, 0.2) is 0 Å². The minimum atomic E-state index is -0.215. The Balaban J connectivity index is 0.00000182. The van der Waals surface area contributed by atoms with E-state index in [2.05, 4.69) is 0 Å². The summed E-state index contributed by atoms with van der Waals surface area (Å²) in [6.45, 7) is 0. The van der Waals surface area contributed by atoms with Gasteiger partial charge in [0.05, 0.1) is 16.8 Å². The first kappa shape index (κ1) is 17.6. The van der Waals surface area contributed by atoms with Crippen molar-refractivity contribution in [1.82, 2.24) is 0 Å². The lowest BCUT2D eigenvalue weighted by Gasteiger charge is -2.12. The van der Waals surface area contributed by atoms with E-state index >= 15 is 0 Å². The van der Waals surface area contributed by atoms with Crippen LogP contribution in [0, 0.1) is 5.82 Å². The van der Waals surface area contributed by atoms with Gasteiger partial charge in [-0.15, -0.1) is 0 Å². The van der Waals surface area contributed by atoms with Crippen molar-refractivity contribution >= 4 is 34.6 Å². The molecule has 3 nitrogen and oxygen atoms in total. The van der Waals surface area contributed by atoms with Crippen LogP contribution >= 0.6 is 11.8 Å². The van der Waals surface area contributed by atoms with E-state index in [0.717, 1.165) is 32.6 Å². The molecule has 0 amide bonds. The molecule has 2 heterocycles. The molecule has 0 bridgehead atoms. The highest BCUT2D eigenvalue weighted by molar-refractivity contribution is 8.03. The number of anilines is 1. The molecule has 3 aromatic rings. The molecule has 1 aliphatic heterocycles. The van der Waals surface area contributed by atoms with Gasteiger partial charge in [-0.25, -0.2) is 4.39 Å².